The van der Waals surface area contributed by atoms with Crippen LogP contribution in [0.2, 0.25) is 5.02 Å². The molecule has 0 spiro atoms. The van der Waals surface area contributed by atoms with Gasteiger partial charge in [0.1, 0.15) is 11.5 Å². The summed E-state index contributed by atoms with van der Waals surface area (Å²) in [5, 5.41) is 0.576. The van der Waals surface area contributed by atoms with Gasteiger partial charge in [0.25, 0.3) is 11.8 Å². The standard InChI is InChI=1S/C19H21ClN2O4/c1-12-5-4-6-17(13(12)2)26-14(3)19(24)22-21-18(23)11-25-16-9-7-15(20)8-10-16/h4-10,14H,11H2,1-3H3,(H,21,23)(H,22,24). The molecule has 2 N–H and O–H groups in total. The molecule has 0 heterocycles. The second-order valence-electron chi connectivity index (χ2n) is 5.74. The molecule has 0 aliphatic carbocycles. The van der Waals surface area contributed by atoms with Gasteiger partial charge in [0, 0.05) is 5.02 Å². The molecule has 0 radical (unpaired) electrons. The monoisotopic (exact) mass is 376 g/mol. The molecule has 0 aromatic heterocycles. The van der Waals surface area contributed by atoms with Gasteiger partial charge in [0.05, 0.1) is 0 Å². The number of halogens is 1. The van der Waals surface area contributed by atoms with Crippen molar-refractivity contribution in [2.45, 2.75) is 26.9 Å². The smallest absolute Gasteiger partial charge is 0.279 e. The fourth-order valence-electron chi connectivity index (χ4n) is 2.04. The SMILES string of the molecule is Cc1cccc(OC(C)C(=O)NNC(=O)COc2ccc(Cl)cc2)c1C. The van der Waals surface area contributed by atoms with Crippen LogP contribution in [0.25, 0.3) is 0 Å². The molecule has 0 aliphatic heterocycles. The van der Waals surface area contributed by atoms with E-state index in [0.29, 0.717) is 16.5 Å². The third-order valence-corrected chi connectivity index (χ3v) is 3.99. The maximum Gasteiger partial charge on any atom is 0.279 e. The first-order valence-electron chi connectivity index (χ1n) is 8.06. The molecule has 2 aromatic carbocycles. The van der Waals surface area contributed by atoms with Crippen LogP contribution in [0.15, 0.2) is 42.5 Å². The average molecular weight is 377 g/mol. The minimum Gasteiger partial charge on any atom is -0.484 e. The van der Waals surface area contributed by atoms with Crippen LogP contribution in [0.1, 0.15) is 18.1 Å². The molecular formula is C19H21ClN2O4. The van der Waals surface area contributed by atoms with Crippen molar-refractivity contribution in [1.82, 2.24) is 10.9 Å². The Morgan fingerprint density at radius 3 is 2.46 bits per heavy atom. The number of hydrogen-bond acceptors (Lipinski definition) is 4. The number of amides is 2. The molecule has 1 atom stereocenters. The van der Waals surface area contributed by atoms with Crippen LogP contribution in [0, 0.1) is 13.8 Å². The average Bonchev–Trinajstić information content (AvgIpc) is 2.63. The molecule has 0 fully saturated rings. The van der Waals surface area contributed by atoms with E-state index in [1.807, 2.05) is 26.0 Å². The Balaban J connectivity index is 1.77. The number of carbonyl (C=O) groups is 2. The van der Waals surface area contributed by atoms with Gasteiger partial charge in [-0.3, -0.25) is 20.4 Å². The summed E-state index contributed by atoms with van der Waals surface area (Å²) in [4.78, 5) is 23.8. The molecule has 26 heavy (non-hydrogen) atoms. The number of hydrazine groups is 1. The molecule has 0 bridgehead atoms. The van der Waals surface area contributed by atoms with Crippen LogP contribution >= 0.6 is 11.6 Å². The predicted octanol–water partition coefficient (Wildman–Crippen LogP) is 2.95. The summed E-state index contributed by atoms with van der Waals surface area (Å²) in [5.74, 6) is 0.172. The van der Waals surface area contributed by atoms with Crippen molar-refractivity contribution in [2.24, 2.45) is 0 Å². The number of carbonyl (C=O) groups excluding carboxylic acids is 2. The first-order chi connectivity index (χ1) is 12.4. The molecule has 2 amide bonds. The molecule has 6 nitrogen and oxygen atoms in total. The van der Waals surface area contributed by atoms with E-state index >= 15 is 0 Å². The number of hydrogen-bond donors (Lipinski definition) is 2. The topological polar surface area (TPSA) is 76.7 Å². The maximum absolute atomic E-state index is 12.1. The molecule has 0 saturated carbocycles. The Hall–Kier alpha value is -2.73. The van der Waals surface area contributed by atoms with Crippen LogP contribution in [0.3, 0.4) is 0 Å². The van der Waals surface area contributed by atoms with Gasteiger partial charge in [-0.1, -0.05) is 23.7 Å². The fraction of sp³-hybridized carbons (Fsp3) is 0.263. The normalized spacial score (nSPS) is 11.4. The summed E-state index contributed by atoms with van der Waals surface area (Å²) in [6.07, 6.45) is -0.770. The minimum absolute atomic E-state index is 0.242. The summed E-state index contributed by atoms with van der Waals surface area (Å²) in [7, 11) is 0. The predicted molar refractivity (Wildman–Crippen MR) is 99.2 cm³/mol. The molecule has 2 rings (SSSR count). The third-order valence-electron chi connectivity index (χ3n) is 3.74. The zero-order chi connectivity index (χ0) is 19.1. The highest BCUT2D eigenvalue weighted by Crippen LogP contribution is 2.21. The van der Waals surface area contributed by atoms with E-state index in [4.69, 9.17) is 21.1 Å². The van der Waals surface area contributed by atoms with Crippen molar-refractivity contribution < 1.29 is 19.1 Å². The highest BCUT2D eigenvalue weighted by molar-refractivity contribution is 6.30. The van der Waals surface area contributed by atoms with E-state index in [0.717, 1.165) is 11.1 Å². The van der Waals surface area contributed by atoms with E-state index < -0.39 is 17.9 Å². The lowest BCUT2D eigenvalue weighted by Crippen LogP contribution is -2.48. The first-order valence-corrected chi connectivity index (χ1v) is 8.44. The van der Waals surface area contributed by atoms with Gasteiger partial charge in [-0.25, -0.2) is 0 Å². The van der Waals surface area contributed by atoms with Crippen LogP contribution in [0.5, 0.6) is 11.5 Å². The lowest BCUT2D eigenvalue weighted by Gasteiger charge is -2.17. The Bertz CT molecular complexity index is 778. The molecule has 0 saturated heterocycles. The van der Waals surface area contributed by atoms with Gasteiger partial charge in [-0.2, -0.15) is 0 Å². The van der Waals surface area contributed by atoms with Crippen molar-refractivity contribution >= 4 is 23.4 Å². The van der Waals surface area contributed by atoms with Gasteiger partial charge in [0.15, 0.2) is 12.7 Å². The third kappa shape index (κ3) is 5.67. The number of benzene rings is 2. The zero-order valence-electron chi connectivity index (χ0n) is 14.8. The van der Waals surface area contributed by atoms with Crippen molar-refractivity contribution in [3.8, 4) is 11.5 Å². The largest absolute Gasteiger partial charge is 0.484 e. The second kappa shape index (κ2) is 9.10. The lowest BCUT2D eigenvalue weighted by atomic mass is 10.1. The summed E-state index contributed by atoms with van der Waals surface area (Å²) < 4.78 is 10.9. The van der Waals surface area contributed by atoms with Crippen LogP contribution < -0.4 is 20.3 Å². The summed E-state index contributed by atoms with van der Waals surface area (Å²) in [6.45, 7) is 5.25. The highest BCUT2D eigenvalue weighted by Gasteiger charge is 2.16. The fourth-order valence-corrected chi connectivity index (χ4v) is 2.17. The molecule has 0 aliphatic rings. The van der Waals surface area contributed by atoms with Gasteiger partial charge >= 0.3 is 0 Å². The molecule has 7 heteroatoms. The summed E-state index contributed by atoms with van der Waals surface area (Å²) >= 11 is 5.77. The number of rotatable bonds is 6. The van der Waals surface area contributed by atoms with Crippen LogP contribution in [0.4, 0.5) is 0 Å². The summed E-state index contributed by atoms with van der Waals surface area (Å²) in [6, 6.07) is 12.2. The van der Waals surface area contributed by atoms with Crippen LogP contribution in [-0.2, 0) is 9.59 Å². The van der Waals surface area contributed by atoms with Crippen molar-refractivity contribution in [1.29, 1.82) is 0 Å². The Labute approximate surface area is 157 Å². The molecule has 1 unspecified atom stereocenters. The number of ether oxygens (including phenoxy) is 2. The molecule has 2 aromatic rings. The van der Waals surface area contributed by atoms with Gasteiger partial charge in [0.2, 0.25) is 0 Å². The van der Waals surface area contributed by atoms with Crippen LogP contribution in [-0.4, -0.2) is 24.5 Å². The zero-order valence-corrected chi connectivity index (χ0v) is 15.6. The van der Waals surface area contributed by atoms with E-state index in [-0.39, 0.29) is 6.61 Å². The van der Waals surface area contributed by atoms with Crippen molar-refractivity contribution in [2.75, 3.05) is 6.61 Å². The second-order valence-corrected chi connectivity index (χ2v) is 6.17. The number of nitrogens with one attached hydrogen (secondary N) is 2. The molecule has 138 valence electrons. The quantitative estimate of drug-likeness (QED) is 0.760. The highest BCUT2D eigenvalue weighted by atomic mass is 35.5. The van der Waals surface area contributed by atoms with E-state index in [1.54, 1.807) is 37.3 Å². The maximum atomic E-state index is 12.1. The Morgan fingerprint density at radius 2 is 1.77 bits per heavy atom. The van der Waals surface area contributed by atoms with E-state index in [1.165, 1.54) is 0 Å². The summed E-state index contributed by atoms with van der Waals surface area (Å²) in [5.41, 5.74) is 6.64. The van der Waals surface area contributed by atoms with E-state index in [2.05, 4.69) is 10.9 Å². The Morgan fingerprint density at radius 1 is 1.08 bits per heavy atom. The number of aryl methyl sites for hydroxylation is 1. The lowest BCUT2D eigenvalue weighted by molar-refractivity contribution is -0.133. The van der Waals surface area contributed by atoms with Gasteiger partial charge in [-0.15, -0.1) is 0 Å². The van der Waals surface area contributed by atoms with E-state index in [9.17, 15) is 9.59 Å². The van der Waals surface area contributed by atoms with Crippen molar-refractivity contribution in [3.63, 3.8) is 0 Å². The minimum atomic E-state index is -0.770. The Kier molecular flexibility index (Phi) is 6.86. The first kappa shape index (κ1) is 19.6. The molecular weight excluding hydrogens is 356 g/mol. The van der Waals surface area contributed by atoms with Crippen molar-refractivity contribution in [3.05, 3.63) is 58.6 Å². The van der Waals surface area contributed by atoms with Gasteiger partial charge in [-0.05, 0) is 62.2 Å². The van der Waals surface area contributed by atoms with Gasteiger partial charge < -0.3 is 9.47 Å².